The van der Waals surface area contributed by atoms with Gasteiger partial charge in [0.1, 0.15) is 0 Å². The van der Waals surface area contributed by atoms with Crippen molar-refractivity contribution in [1.29, 1.82) is 0 Å². The van der Waals surface area contributed by atoms with Crippen LogP contribution in [0.4, 0.5) is 0 Å². The first-order valence-corrected chi connectivity index (χ1v) is 3.29. The molecule has 0 atom stereocenters. The molecule has 3 heteroatoms. The fourth-order valence-electron chi connectivity index (χ4n) is 0.670. The Labute approximate surface area is 60.8 Å². The van der Waals surface area contributed by atoms with Gasteiger partial charge in [0.05, 0.1) is 5.54 Å². The fourth-order valence-corrected chi connectivity index (χ4v) is 0.670. The topological polar surface area (TPSA) is 46.2 Å². The highest BCUT2D eigenvalue weighted by molar-refractivity contribution is 5.88. The van der Waals surface area contributed by atoms with Gasteiger partial charge in [-0.05, 0) is 13.8 Å². The van der Waals surface area contributed by atoms with E-state index in [1.165, 1.54) is 0 Å². The van der Waals surface area contributed by atoms with Crippen molar-refractivity contribution in [2.24, 2.45) is 0 Å². The van der Waals surface area contributed by atoms with Gasteiger partial charge in [-0.25, -0.2) is 0 Å². The second-order valence-electron chi connectivity index (χ2n) is 2.66. The number of carbonyl (C=O) groups is 2. The molecule has 0 aliphatic heterocycles. The van der Waals surface area contributed by atoms with Gasteiger partial charge in [-0.15, -0.1) is 0 Å². The minimum atomic E-state index is -0.698. The average Bonchev–Trinajstić information content (AvgIpc) is 1.86. The van der Waals surface area contributed by atoms with Gasteiger partial charge < -0.3 is 5.32 Å². The molecule has 0 saturated carbocycles. The molecule has 0 spiro atoms. The number of hydrogen-bond acceptors (Lipinski definition) is 2. The summed E-state index contributed by atoms with van der Waals surface area (Å²) in [6.45, 7) is 5.15. The molecule has 58 valence electrons. The van der Waals surface area contributed by atoms with E-state index in [0.29, 0.717) is 12.8 Å². The van der Waals surface area contributed by atoms with Crippen molar-refractivity contribution in [1.82, 2.24) is 5.32 Å². The third-order valence-corrected chi connectivity index (χ3v) is 1.44. The first-order chi connectivity index (χ1) is 4.54. The van der Waals surface area contributed by atoms with Crippen molar-refractivity contribution in [3.05, 3.63) is 0 Å². The zero-order valence-corrected chi connectivity index (χ0v) is 6.60. The largest absolute Gasteiger partial charge is 0.347 e. The summed E-state index contributed by atoms with van der Waals surface area (Å²) in [6, 6.07) is 0. The van der Waals surface area contributed by atoms with Gasteiger partial charge >= 0.3 is 0 Å². The molecule has 0 saturated heterocycles. The zero-order chi connectivity index (χ0) is 8.20. The molecular formula is C7H13NO2. The molecule has 0 rings (SSSR count). The van der Waals surface area contributed by atoms with Gasteiger partial charge in [-0.3, -0.25) is 9.59 Å². The Morgan fingerprint density at radius 3 is 2.40 bits per heavy atom. The Balaban J connectivity index is 4.08. The number of hydrogen-bond donors (Lipinski definition) is 1. The van der Waals surface area contributed by atoms with Crippen molar-refractivity contribution < 1.29 is 9.59 Å². The molecule has 10 heavy (non-hydrogen) atoms. The zero-order valence-electron chi connectivity index (χ0n) is 6.60. The molecular weight excluding hydrogens is 130 g/mol. The van der Waals surface area contributed by atoms with Crippen molar-refractivity contribution in [2.45, 2.75) is 32.7 Å². The predicted octanol–water partition coefficient (Wildman–Crippen LogP) is 0.490. The molecule has 0 aliphatic rings. The Bertz CT molecular complexity index is 141. The highest BCUT2D eigenvalue weighted by Crippen LogP contribution is 2.04. The first-order valence-electron chi connectivity index (χ1n) is 3.29. The fraction of sp³-hybridized carbons (Fsp3) is 0.714. The van der Waals surface area contributed by atoms with E-state index >= 15 is 0 Å². The van der Waals surface area contributed by atoms with E-state index in [0.717, 1.165) is 0 Å². The highest BCUT2D eigenvalue weighted by atomic mass is 16.1. The molecule has 0 fully saturated rings. The molecule has 0 aromatic rings. The van der Waals surface area contributed by atoms with E-state index < -0.39 is 5.54 Å². The lowest BCUT2D eigenvalue weighted by Gasteiger charge is -2.20. The van der Waals surface area contributed by atoms with Crippen LogP contribution in [0.3, 0.4) is 0 Å². The summed E-state index contributed by atoms with van der Waals surface area (Å²) in [5.41, 5.74) is -0.698. The number of rotatable bonds is 4. The van der Waals surface area contributed by atoms with Crippen molar-refractivity contribution in [2.75, 3.05) is 0 Å². The van der Waals surface area contributed by atoms with Crippen LogP contribution in [-0.2, 0) is 9.59 Å². The van der Waals surface area contributed by atoms with Gasteiger partial charge in [-0.2, -0.15) is 0 Å². The summed E-state index contributed by atoms with van der Waals surface area (Å²) in [5.74, 6) is 0.0413. The summed E-state index contributed by atoms with van der Waals surface area (Å²) in [7, 11) is 0. The number of Topliss-reactive ketones (excluding diaryl/α,β-unsaturated/α-hetero) is 1. The van der Waals surface area contributed by atoms with Crippen LogP contribution in [0.1, 0.15) is 27.2 Å². The number of amides is 1. The molecule has 0 aliphatic carbocycles. The minimum absolute atomic E-state index is 0.0413. The monoisotopic (exact) mass is 143 g/mol. The van der Waals surface area contributed by atoms with E-state index in [-0.39, 0.29) is 5.78 Å². The maximum absolute atomic E-state index is 11.0. The number of nitrogens with one attached hydrogen (secondary N) is 1. The summed E-state index contributed by atoms with van der Waals surface area (Å²) in [5, 5.41) is 2.44. The molecule has 0 aromatic heterocycles. The second kappa shape index (κ2) is 3.34. The van der Waals surface area contributed by atoms with Crippen LogP contribution in [0.2, 0.25) is 0 Å². The summed E-state index contributed by atoms with van der Waals surface area (Å²) in [6.07, 6.45) is 1.00. The lowest BCUT2D eigenvalue weighted by molar-refractivity contribution is -0.126. The van der Waals surface area contributed by atoms with Gasteiger partial charge in [-0.1, -0.05) is 6.92 Å². The van der Waals surface area contributed by atoms with Crippen LogP contribution >= 0.6 is 0 Å². The van der Waals surface area contributed by atoms with Crippen molar-refractivity contribution in [3.8, 4) is 0 Å². The van der Waals surface area contributed by atoms with Crippen LogP contribution in [0.5, 0.6) is 0 Å². The van der Waals surface area contributed by atoms with E-state index in [9.17, 15) is 9.59 Å². The summed E-state index contributed by atoms with van der Waals surface area (Å²) in [4.78, 5) is 21.0. The van der Waals surface area contributed by atoms with Crippen LogP contribution in [-0.4, -0.2) is 17.7 Å². The van der Waals surface area contributed by atoms with E-state index in [1.54, 1.807) is 20.8 Å². The van der Waals surface area contributed by atoms with Gasteiger partial charge in [0.15, 0.2) is 5.78 Å². The van der Waals surface area contributed by atoms with Crippen molar-refractivity contribution >= 4 is 12.2 Å². The summed E-state index contributed by atoms with van der Waals surface area (Å²) < 4.78 is 0. The van der Waals surface area contributed by atoms with Crippen LogP contribution in [0.15, 0.2) is 0 Å². The van der Waals surface area contributed by atoms with E-state index in [4.69, 9.17) is 0 Å². The highest BCUT2D eigenvalue weighted by Gasteiger charge is 2.23. The molecule has 1 N–H and O–H groups in total. The molecule has 0 bridgehead atoms. The Kier molecular flexibility index (Phi) is 3.06. The second-order valence-corrected chi connectivity index (χ2v) is 2.66. The lowest BCUT2D eigenvalue weighted by atomic mass is 9.98. The lowest BCUT2D eigenvalue weighted by Crippen LogP contribution is -2.45. The molecule has 0 aromatic carbocycles. The Morgan fingerprint density at radius 1 is 1.60 bits per heavy atom. The minimum Gasteiger partial charge on any atom is -0.347 e. The number of ketones is 1. The predicted molar refractivity (Wildman–Crippen MR) is 38.6 cm³/mol. The van der Waals surface area contributed by atoms with E-state index in [1.807, 2.05) is 0 Å². The number of carbonyl (C=O) groups excluding carboxylic acids is 2. The third kappa shape index (κ3) is 2.17. The molecule has 0 unspecified atom stereocenters. The SMILES string of the molecule is CCC(=O)C(C)(C)NC=O. The quantitative estimate of drug-likeness (QED) is 0.582. The van der Waals surface area contributed by atoms with Gasteiger partial charge in [0, 0.05) is 6.42 Å². The molecule has 1 amide bonds. The first kappa shape index (κ1) is 9.14. The molecule has 0 heterocycles. The Morgan fingerprint density at radius 2 is 2.10 bits per heavy atom. The maximum atomic E-state index is 11.0. The standard InChI is InChI=1S/C7H13NO2/c1-4-6(10)7(2,3)8-5-9/h5H,4H2,1-3H3,(H,8,9). The van der Waals surface area contributed by atoms with Crippen LogP contribution in [0.25, 0.3) is 0 Å². The van der Waals surface area contributed by atoms with Crippen LogP contribution in [0, 0.1) is 0 Å². The average molecular weight is 143 g/mol. The normalized spacial score (nSPS) is 10.7. The third-order valence-electron chi connectivity index (χ3n) is 1.44. The summed E-state index contributed by atoms with van der Waals surface area (Å²) >= 11 is 0. The van der Waals surface area contributed by atoms with Gasteiger partial charge in [0.25, 0.3) is 0 Å². The smallest absolute Gasteiger partial charge is 0.207 e. The van der Waals surface area contributed by atoms with Crippen LogP contribution < -0.4 is 5.32 Å². The molecule has 0 radical (unpaired) electrons. The van der Waals surface area contributed by atoms with E-state index in [2.05, 4.69) is 5.32 Å². The Hall–Kier alpha value is -0.860. The van der Waals surface area contributed by atoms with Crippen molar-refractivity contribution in [3.63, 3.8) is 0 Å². The maximum Gasteiger partial charge on any atom is 0.207 e. The van der Waals surface area contributed by atoms with Gasteiger partial charge in [0.2, 0.25) is 6.41 Å². The molecule has 3 nitrogen and oxygen atoms in total.